The summed E-state index contributed by atoms with van der Waals surface area (Å²) in [5.41, 5.74) is 7.96. The fourth-order valence-corrected chi connectivity index (χ4v) is 3.38. The smallest absolute Gasteiger partial charge is 0.423 e. The molecule has 1 aromatic carbocycles. The first-order valence-corrected chi connectivity index (χ1v) is 8.59. The van der Waals surface area contributed by atoms with Gasteiger partial charge in [-0.2, -0.15) is 5.10 Å². The Morgan fingerprint density at radius 2 is 2.37 bits per heavy atom. The zero-order valence-corrected chi connectivity index (χ0v) is 14.5. The summed E-state index contributed by atoms with van der Waals surface area (Å²) in [5, 5.41) is 17.4. The number of aromatic nitrogens is 2. The maximum Gasteiger partial charge on any atom is 0.491 e. The van der Waals surface area contributed by atoms with Crippen LogP contribution in [0.25, 0.3) is 4.85 Å². The number of nitrogens with two attached hydrogens (primary N) is 1. The fraction of sp³-hybridized carbons (Fsp3) is 0.353. The molecule has 2 aliphatic heterocycles. The molecular weight excluding hydrogens is 349 g/mol. The van der Waals surface area contributed by atoms with Gasteiger partial charge in [0.25, 0.3) is 5.91 Å². The summed E-state index contributed by atoms with van der Waals surface area (Å²) in [7, 11) is -0.964. The summed E-state index contributed by atoms with van der Waals surface area (Å²) >= 11 is 0. The summed E-state index contributed by atoms with van der Waals surface area (Å²) in [5.74, 6) is -0.325. The second-order valence-corrected chi connectivity index (χ2v) is 6.56. The lowest BCUT2D eigenvalue weighted by Crippen LogP contribution is -2.32. The van der Waals surface area contributed by atoms with Gasteiger partial charge in [0, 0.05) is 18.3 Å². The van der Waals surface area contributed by atoms with Crippen LogP contribution in [0.15, 0.2) is 24.4 Å². The molecule has 2 unspecified atom stereocenters. The van der Waals surface area contributed by atoms with Crippen molar-refractivity contribution in [3.8, 4) is 0 Å². The van der Waals surface area contributed by atoms with E-state index < -0.39 is 13.0 Å². The summed E-state index contributed by atoms with van der Waals surface area (Å²) in [6.45, 7) is 8.63. The highest BCUT2D eigenvalue weighted by atomic mass is 16.5. The second-order valence-electron chi connectivity index (χ2n) is 6.56. The van der Waals surface area contributed by atoms with Crippen molar-refractivity contribution in [2.24, 2.45) is 5.73 Å². The maximum absolute atomic E-state index is 11.9. The van der Waals surface area contributed by atoms with E-state index in [4.69, 9.17) is 21.7 Å². The zero-order valence-electron chi connectivity index (χ0n) is 14.5. The molecule has 4 N–H and O–H groups in total. The van der Waals surface area contributed by atoms with E-state index in [0.29, 0.717) is 43.2 Å². The van der Waals surface area contributed by atoms with Crippen LogP contribution < -0.4 is 16.5 Å². The first-order valence-electron chi connectivity index (χ1n) is 8.59. The number of nitrogens with zero attached hydrogens (tertiary/aromatic N) is 3. The Labute approximate surface area is 156 Å². The number of fused-ring (bicyclic) bond motifs is 1. The highest BCUT2D eigenvalue weighted by molar-refractivity contribution is 6.61. The molecule has 9 nitrogen and oxygen atoms in total. The molecule has 3 heterocycles. The molecule has 0 saturated carbocycles. The van der Waals surface area contributed by atoms with Crippen LogP contribution >= 0.6 is 0 Å². The largest absolute Gasteiger partial charge is 0.491 e. The minimum absolute atomic E-state index is 0.224. The van der Waals surface area contributed by atoms with E-state index in [0.717, 1.165) is 5.56 Å². The molecule has 1 fully saturated rings. The Morgan fingerprint density at radius 1 is 1.52 bits per heavy atom. The van der Waals surface area contributed by atoms with Crippen molar-refractivity contribution >= 4 is 30.0 Å². The van der Waals surface area contributed by atoms with Gasteiger partial charge in [-0.3, -0.25) is 9.48 Å². The van der Waals surface area contributed by atoms with Gasteiger partial charge in [-0.1, -0.05) is 6.07 Å². The highest BCUT2D eigenvalue weighted by Gasteiger charge is 2.34. The molecule has 4 rings (SSSR count). The quantitative estimate of drug-likeness (QED) is 0.525. The number of carbonyl (C=O) groups excluding carboxylic acids is 1. The fourth-order valence-electron chi connectivity index (χ4n) is 3.38. The molecule has 0 aliphatic carbocycles. The van der Waals surface area contributed by atoms with Crippen LogP contribution in [0, 0.1) is 6.57 Å². The summed E-state index contributed by atoms with van der Waals surface area (Å²) < 4.78 is 12.2. The number of nitrogens with one attached hydrogen (secondary N) is 1. The van der Waals surface area contributed by atoms with Gasteiger partial charge in [0.1, 0.15) is 11.6 Å². The topological polar surface area (TPSA) is 116 Å². The first-order chi connectivity index (χ1) is 13.1. The average Bonchev–Trinajstić information content (AvgIpc) is 3.26. The third kappa shape index (κ3) is 3.28. The second kappa shape index (κ2) is 7.04. The Hall–Kier alpha value is -2.87. The summed E-state index contributed by atoms with van der Waals surface area (Å²) in [6, 6.07) is 4.87. The minimum atomic E-state index is -0.964. The van der Waals surface area contributed by atoms with E-state index in [-0.39, 0.29) is 17.6 Å². The van der Waals surface area contributed by atoms with Crippen LogP contribution in [0.3, 0.4) is 0 Å². The van der Waals surface area contributed by atoms with Crippen molar-refractivity contribution < 1.29 is 19.2 Å². The van der Waals surface area contributed by atoms with Gasteiger partial charge in [-0.15, -0.1) is 0 Å². The molecule has 138 valence electrons. The van der Waals surface area contributed by atoms with Crippen LogP contribution in [-0.2, 0) is 16.0 Å². The Balaban J connectivity index is 1.65. The Morgan fingerprint density at radius 3 is 3.15 bits per heavy atom. The average molecular weight is 367 g/mol. The third-order valence-electron chi connectivity index (χ3n) is 4.87. The van der Waals surface area contributed by atoms with E-state index in [1.807, 2.05) is 12.1 Å². The van der Waals surface area contributed by atoms with Gasteiger partial charge >= 0.3 is 7.12 Å². The van der Waals surface area contributed by atoms with Crippen LogP contribution in [-0.4, -0.2) is 47.1 Å². The number of amides is 1. The van der Waals surface area contributed by atoms with E-state index in [2.05, 4.69) is 15.3 Å². The maximum atomic E-state index is 11.9. The number of hydrogen-bond donors (Lipinski definition) is 3. The number of benzene rings is 1. The third-order valence-corrected chi connectivity index (χ3v) is 4.87. The molecule has 2 atom stereocenters. The lowest BCUT2D eigenvalue weighted by atomic mass is 9.79. The number of anilines is 2. The van der Waals surface area contributed by atoms with Gasteiger partial charge in [0.05, 0.1) is 19.8 Å². The van der Waals surface area contributed by atoms with Crippen molar-refractivity contribution in [1.29, 1.82) is 0 Å². The molecule has 0 bridgehead atoms. The normalized spacial score (nSPS) is 21.6. The van der Waals surface area contributed by atoms with E-state index in [1.165, 1.54) is 0 Å². The summed E-state index contributed by atoms with van der Waals surface area (Å²) in [6.07, 6.45) is 2.17. The minimum Gasteiger partial charge on any atom is -0.423 e. The lowest BCUT2D eigenvalue weighted by molar-refractivity contribution is 0.0506. The van der Waals surface area contributed by atoms with Gasteiger partial charge in [-0.25, -0.2) is 6.57 Å². The highest BCUT2D eigenvalue weighted by Crippen LogP contribution is 2.27. The molecule has 0 spiro atoms. The van der Waals surface area contributed by atoms with E-state index >= 15 is 0 Å². The van der Waals surface area contributed by atoms with Crippen molar-refractivity contribution in [1.82, 2.24) is 9.78 Å². The van der Waals surface area contributed by atoms with E-state index in [9.17, 15) is 9.82 Å². The number of rotatable bonds is 4. The predicted molar refractivity (Wildman–Crippen MR) is 97.7 cm³/mol. The number of primary amides is 1. The number of hydrogen-bond acceptors (Lipinski definition) is 6. The number of carbonyl (C=O) groups is 1. The van der Waals surface area contributed by atoms with Crippen LogP contribution in [0.5, 0.6) is 0 Å². The van der Waals surface area contributed by atoms with Crippen molar-refractivity contribution in [3.05, 3.63) is 46.9 Å². The van der Waals surface area contributed by atoms with E-state index in [1.54, 1.807) is 16.9 Å². The lowest BCUT2D eigenvalue weighted by Gasteiger charge is -2.23. The van der Waals surface area contributed by atoms with Gasteiger partial charge in [0.15, 0.2) is 5.82 Å². The molecule has 0 radical (unpaired) electrons. The molecule has 10 heteroatoms. The molecule has 2 aliphatic rings. The predicted octanol–water partition coefficient (Wildman–Crippen LogP) is 0.193. The number of ether oxygens (including phenoxy) is 1. The Bertz CT molecular complexity index is 925. The molecule has 1 saturated heterocycles. The van der Waals surface area contributed by atoms with Gasteiger partial charge in [-0.05, 0) is 23.2 Å². The van der Waals surface area contributed by atoms with Crippen molar-refractivity contribution in [2.75, 3.05) is 18.5 Å². The molecule has 27 heavy (non-hydrogen) atoms. The Kier molecular flexibility index (Phi) is 4.57. The van der Waals surface area contributed by atoms with Crippen molar-refractivity contribution in [3.63, 3.8) is 0 Å². The zero-order chi connectivity index (χ0) is 19.0. The molecule has 2 aromatic rings. The molecular formula is C17H18BN5O4. The standard InChI is InChI=1S/C17H18BN5O4/c1-20-14-4-5-26-9-15(14)23-7-12(16(19)24)17(22-23)21-11-3-2-10-8-27-18(25)13(10)6-11/h2-3,6-7,14-15,25H,4-5,8-9H2,(H2,19,24)(H,21,22). The van der Waals surface area contributed by atoms with Gasteiger partial charge in [0.2, 0.25) is 6.04 Å². The first kappa shape index (κ1) is 17.5. The SMILES string of the molecule is [C-]#[N+]C1CCOCC1n1cc(C(N)=O)c(Nc2ccc3c(c2)B(O)OC3)n1. The monoisotopic (exact) mass is 367 g/mol. The van der Waals surface area contributed by atoms with Crippen LogP contribution in [0.4, 0.5) is 11.5 Å². The van der Waals surface area contributed by atoms with Crippen LogP contribution in [0.1, 0.15) is 28.4 Å². The summed E-state index contributed by atoms with van der Waals surface area (Å²) in [4.78, 5) is 15.5. The van der Waals surface area contributed by atoms with Crippen molar-refractivity contribution in [2.45, 2.75) is 25.1 Å². The molecule has 1 aromatic heterocycles. The van der Waals surface area contributed by atoms with Gasteiger partial charge < -0.3 is 30.3 Å². The molecule has 1 amide bonds. The van der Waals surface area contributed by atoms with Crippen LogP contribution in [0.2, 0.25) is 0 Å².